The first kappa shape index (κ1) is 18.1. The number of carbonyl (C=O) groups excluding carboxylic acids is 1. The van der Waals surface area contributed by atoms with Gasteiger partial charge in [0.25, 0.3) is 5.91 Å². The highest BCUT2D eigenvalue weighted by atomic mass is 35.5. The quantitative estimate of drug-likeness (QED) is 0.418. The number of carbonyl (C=O) groups is 1. The number of H-pyrrole nitrogens is 1. The number of amides is 1. The number of imidazole rings is 1. The summed E-state index contributed by atoms with van der Waals surface area (Å²) in [6.45, 7) is 0. The number of hydrogen-bond acceptors (Lipinski definition) is 3. The summed E-state index contributed by atoms with van der Waals surface area (Å²) in [6, 6.07) is 22.6. The Labute approximate surface area is 177 Å². The van der Waals surface area contributed by atoms with Crippen LogP contribution in [0.4, 0.5) is 5.69 Å². The molecule has 2 heterocycles. The van der Waals surface area contributed by atoms with Crippen LogP contribution < -0.4 is 5.32 Å². The summed E-state index contributed by atoms with van der Waals surface area (Å²) >= 11 is 6.05. The molecular formula is C23H16ClN5O. The zero-order valence-electron chi connectivity index (χ0n) is 15.7. The second-order valence-corrected chi connectivity index (χ2v) is 7.19. The maximum Gasteiger partial charge on any atom is 0.258 e. The zero-order valence-corrected chi connectivity index (χ0v) is 16.5. The van der Waals surface area contributed by atoms with Crippen molar-refractivity contribution in [3.05, 3.63) is 95.8 Å². The standard InChI is InChI=1S/C23H16ClN5O/c24-16-6-5-7-17(12-16)29-14-15(13-25-29)23(30)28-19-9-2-1-8-18(19)22-26-20-10-3-4-11-21(20)27-22/h1-14H,(H,26,27)(H,28,30). The Kier molecular flexibility index (Phi) is 4.53. The van der Waals surface area contributed by atoms with Crippen LogP contribution in [-0.4, -0.2) is 25.7 Å². The van der Waals surface area contributed by atoms with Crippen LogP contribution in [0.25, 0.3) is 28.1 Å². The molecule has 1 amide bonds. The number of aromatic amines is 1. The van der Waals surface area contributed by atoms with E-state index in [9.17, 15) is 4.79 Å². The van der Waals surface area contributed by atoms with Gasteiger partial charge in [-0.15, -0.1) is 0 Å². The van der Waals surface area contributed by atoms with Gasteiger partial charge in [-0.2, -0.15) is 5.10 Å². The maximum atomic E-state index is 12.9. The minimum atomic E-state index is -0.258. The summed E-state index contributed by atoms with van der Waals surface area (Å²) < 4.78 is 1.62. The predicted molar refractivity (Wildman–Crippen MR) is 118 cm³/mol. The van der Waals surface area contributed by atoms with Crippen molar-refractivity contribution < 1.29 is 4.79 Å². The average Bonchev–Trinajstić information content (AvgIpc) is 3.42. The van der Waals surface area contributed by atoms with E-state index in [1.807, 2.05) is 60.7 Å². The molecular weight excluding hydrogens is 398 g/mol. The van der Waals surface area contributed by atoms with Gasteiger partial charge in [-0.3, -0.25) is 4.79 Å². The van der Waals surface area contributed by atoms with Crippen LogP contribution in [0.1, 0.15) is 10.4 Å². The summed E-state index contributed by atoms with van der Waals surface area (Å²) in [7, 11) is 0. The lowest BCUT2D eigenvalue weighted by molar-refractivity contribution is 0.102. The van der Waals surface area contributed by atoms with Gasteiger partial charge in [-0.05, 0) is 42.5 Å². The van der Waals surface area contributed by atoms with Crippen LogP contribution in [0.5, 0.6) is 0 Å². The van der Waals surface area contributed by atoms with Gasteiger partial charge in [0.15, 0.2) is 0 Å². The Morgan fingerprint density at radius 1 is 1.00 bits per heavy atom. The summed E-state index contributed by atoms with van der Waals surface area (Å²) in [5.41, 5.74) is 4.51. The molecule has 2 aromatic heterocycles. The minimum Gasteiger partial charge on any atom is -0.338 e. The van der Waals surface area contributed by atoms with Gasteiger partial charge < -0.3 is 10.3 Å². The molecule has 30 heavy (non-hydrogen) atoms. The Balaban J connectivity index is 1.43. The average molecular weight is 414 g/mol. The summed E-state index contributed by atoms with van der Waals surface area (Å²) in [6.07, 6.45) is 3.20. The molecule has 0 aliphatic rings. The van der Waals surface area contributed by atoms with Crippen LogP contribution >= 0.6 is 11.6 Å². The van der Waals surface area contributed by atoms with Crippen molar-refractivity contribution >= 4 is 34.2 Å². The third-order valence-corrected chi connectivity index (χ3v) is 4.97. The van der Waals surface area contributed by atoms with E-state index in [1.54, 1.807) is 23.0 Å². The van der Waals surface area contributed by atoms with Crippen molar-refractivity contribution in [1.82, 2.24) is 19.7 Å². The van der Waals surface area contributed by atoms with E-state index >= 15 is 0 Å². The number of halogens is 1. The van der Waals surface area contributed by atoms with E-state index in [-0.39, 0.29) is 5.91 Å². The SMILES string of the molecule is O=C(Nc1ccccc1-c1nc2ccccc2[nH]1)c1cnn(-c2cccc(Cl)c2)c1. The molecule has 0 aliphatic heterocycles. The molecule has 0 atom stereocenters. The van der Waals surface area contributed by atoms with Crippen molar-refractivity contribution in [2.45, 2.75) is 0 Å². The molecule has 0 radical (unpaired) electrons. The molecule has 6 nitrogen and oxygen atoms in total. The van der Waals surface area contributed by atoms with Crippen LogP contribution in [0.2, 0.25) is 5.02 Å². The largest absolute Gasteiger partial charge is 0.338 e. The van der Waals surface area contributed by atoms with Crippen LogP contribution in [-0.2, 0) is 0 Å². The summed E-state index contributed by atoms with van der Waals surface area (Å²) in [4.78, 5) is 20.8. The summed E-state index contributed by atoms with van der Waals surface area (Å²) in [5, 5.41) is 7.85. The van der Waals surface area contributed by atoms with Crippen molar-refractivity contribution in [3.8, 4) is 17.1 Å². The first-order chi connectivity index (χ1) is 14.7. The molecule has 7 heteroatoms. The Hall–Kier alpha value is -3.90. The van der Waals surface area contributed by atoms with Gasteiger partial charge in [-0.25, -0.2) is 9.67 Å². The molecule has 0 unspecified atom stereocenters. The first-order valence-electron chi connectivity index (χ1n) is 9.33. The fourth-order valence-electron chi connectivity index (χ4n) is 3.27. The second-order valence-electron chi connectivity index (χ2n) is 6.76. The van der Waals surface area contributed by atoms with Crippen molar-refractivity contribution in [2.24, 2.45) is 0 Å². The molecule has 0 bridgehead atoms. The molecule has 0 fully saturated rings. The van der Waals surface area contributed by atoms with E-state index in [1.165, 1.54) is 6.20 Å². The number of anilines is 1. The first-order valence-corrected chi connectivity index (χ1v) is 9.71. The number of nitrogens with one attached hydrogen (secondary N) is 2. The predicted octanol–water partition coefficient (Wildman–Crippen LogP) is 5.32. The highest BCUT2D eigenvalue weighted by Crippen LogP contribution is 2.28. The van der Waals surface area contributed by atoms with E-state index in [4.69, 9.17) is 11.6 Å². The highest BCUT2D eigenvalue weighted by Gasteiger charge is 2.14. The summed E-state index contributed by atoms with van der Waals surface area (Å²) in [5.74, 6) is 0.438. The number of para-hydroxylation sites is 3. The molecule has 146 valence electrons. The van der Waals surface area contributed by atoms with Crippen molar-refractivity contribution in [3.63, 3.8) is 0 Å². The smallest absolute Gasteiger partial charge is 0.258 e. The van der Waals surface area contributed by atoms with E-state index in [0.29, 0.717) is 22.1 Å². The molecule has 5 rings (SSSR count). The highest BCUT2D eigenvalue weighted by molar-refractivity contribution is 6.30. The Morgan fingerprint density at radius 3 is 2.70 bits per heavy atom. The van der Waals surface area contributed by atoms with Gasteiger partial charge in [0.05, 0.1) is 34.2 Å². The molecule has 5 aromatic rings. The van der Waals surface area contributed by atoms with Crippen molar-refractivity contribution in [1.29, 1.82) is 0 Å². The lowest BCUT2D eigenvalue weighted by Gasteiger charge is -2.08. The maximum absolute atomic E-state index is 12.9. The minimum absolute atomic E-state index is 0.258. The Morgan fingerprint density at radius 2 is 1.83 bits per heavy atom. The monoisotopic (exact) mass is 413 g/mol. The molecule has 0 spiro atoms. The topological polar surface area (TPSA) is 75.6 Å². The van der Waals surface area contributed by atoms with Crippen LogP contribution in [0.15, 0.2) is 85.2 Å². The van der Waals surface area contributed by atoms with Crippen molar-refractivity contribution in [2.75, 3.05) is 5.32 Å². The molecule has 3 aromatic carbocycles. The van der Waals surface area contributed by atoms with Gasteiger partial charge in [-0.1, -0.05) is 41.9 Å². The lowest BCUT2D eigenvalue weighted by atomic mass is 10.1. The van der Waals surface area contributed by atoms with E-state index in [0.717, 1.165) is 22.3 Å². The number of rotatable bonds is 4. The fraction of sp³-hybridized carbons (Fsp3) is 0. The number of hydrogen-bond donors (Lipinski definition) is 2. The molecule has 0 saturated carbocycles. The lowest BCUT2D eigenvalue weighted by Crippen LogP contribution is -2.12. The number of aromatic nitrogens is 4. The molecule has 2 N–H and O–H groups in total. The third kappa shape index (κ3) is 3.44. The fourth-order valence-corrected chi connectivity index (χ4v) is 3.46. The van der Waals surface area contributed by atoms with Gasteiger partial charge in [0, 0.05) is 16.8 Å². The van der Waals surface area contributed by atoms with Gasteiger partial charge in [0.2, 0.25) is 0 Å². The van der Waals surface area contributed by atoms with Crippen LogP contribution in [0, 0.1) is 0 Å². The molecule has 0 saturated heterocycles. The third-order valence-electron chi connectivity index (χ3n) is 4.74. The number of nitrogens with zero attached hydrogens (tertiary/aromatic N) is 3. The number of benzene rings is 3. The molecule has 0 aliphatic carbocycles. The second kappa shape index (κ2) is 7.50. The van der Waals surface area contributed by atoms with E-state index in [2.05, 4.69) is 20.4 Å². The zero-order chi connectivity index (χ0) is 20.5. The van der Waals surface area contributed by atoms with Gasteiger partial charge in [0.1, 0.15) is 5.82 Å². The van der Waals surface area contributed by atoms with Gasteiger partial charge >= 0.3 is 0 Å². The number of fused-ring (bicyclic) bond motifs is 1. The normalized spacial score (nSPS) is 11.0. The van der Waals surface area contributed by atoms with Crippen LogP contribution in [0.3, 0.4) is 0 Å². The Bertz CT molecular complexity index is 1340. The van der Waals surface area contributed by atoms with E-state index < -0.39 is 0 Å².